The molecule has 3 aromatic carbocycles. The highest BCUT2D eigenvalue weighted by atomic mass is 14.2. The summed E-state index contributed by atoms with van der Waals surface area (Å²) in [6.45, 7) is 13.6. The number of aryl methyl sites for hydroxylation is 3. The Kier molecular flexibility index (Phi) is 12.6. The summed E-state index contributed by atoms with van der Waals surface area (Å²) in [5.41, 5.74) is 9.83. The van der Waals surface area contributed by atoms with Crippen LogP contribution < -0.4 is 0 Å². The number of hydrogen-bond donors (Lipinski definition) is 0. The number of benzene rings is 3. The molecule has 0 aromatic heterocycles. The standard InChI is InChI=1S/C39H50/c1-7-15-37(39-23-12-10-17-33(39)6)29-26-34(19-13-18-32(5)38-22-11-9-16-31(38)4)20-14-21-35(8-2)36-27-24-30(3)25-28-36/h9-12,14,16-17,19-20,22-29,32,35,37H,7-8,13,15,18,21H2,1-6H3. The lowest BCUT2D eigenvalue weighted by Gasteiger charge is -2.16. The van der Waals surface area contributed by atoms with Gasteiger partial charge in [-0.1, -0.05) is 136 Å². The van der Waals surface area contributed by atoms with Gasteiger partial charge in [0.05, 0.1) is 0 Å². The summed E-state index contributed by atoms with van der Waals surface area (Å²) < 4.78 is 0. The Hall–Kier alpha value is -3.12. The maximum atomic E-state index is 2.45. The first kappa shape index (κ1) is 30.4. The molecule has 206 valence electrons. The Morgan fingerprint density at radius 2 is 1.38 bits per heavy atom. The normalized spacial score (nSPS) is 14.7. The van der Waals surface area contributed by atoms with Crippen LogP contribution >= 0.6 is 0 Å². The quantitative estimate of drug-likeness (QED) is 0.186. The SMILES string of the molecule is CCCC(C=CC(C=CCC(CC)c1ccc(C)cc1)=CCCC(C)c1ccccc1C)c1ccccc1C. The molecule has 0 amide bonds. The van der Waals surface area contributed by atoms with Gasteiger partial charge in [-0.25, -0.2) is 0 Å². The summed E-state index contributed by atoms with van der Waals surface area (Å²) in [6.07, 6.45) is 18.9. The van der Waals surface area contributed by atoms with E-state index < -0.39 is 0 Å². The van der Waals surface area contributed by atoms with Crippen molar-refractivity contribution in [3.63, 3.8) is 0 Å². The maximum absolute atomic E-state index is 2.45. The molecule has 3 atom stereocenters. The minimum Gasteiger partial charge on any atom is -0.0833 e. The van der Waals surface area contributed by atoms with Crippen molar-refractivity contribution in [3.05, 3.63) is 142 Å². The molecule has 0 aliphatic heterocycles. The molecule has 0 heterocycles. The van der Waals surface area contributed by atoms with Crippen LogP contribution in [-0.2, 0) is 0 Å². The predicted octanol–water partition coefficient (Wildman–Crippen LogP) is 11.7. The molecular formula is C39H50. The summed E-state index contributed by atoms with van der Waals surface area (Å²) in [4.78, 5) is 0. The van der Waals surface area contributed by atoms with Crippen LogP contribution in [0.2, 0.25) is 0 Å². The first-order valence-corrected chi connectivity index (χ1v) is 15.1. The highest BCUT2D eigenvalue weighted by molar-refractivity contribution is 5.37. The van der Waals surface area contributed by atoms with E-state index in [4.69, 9.17) is 0 Å². The van der Waals surface area contributed by atoms with Crippen LogP contribution in [0.3, 0.4) is 0 Å². The second-order valence-corrected chi connectivity index (χ2v) is 11.3. The molecule has 0 aliphatic carbocycles. The average molecular weight is 519 g/mol. The third-order valence-corrected chi connectivity index (χ3v) is 8.18. The van der Waals surface area contributed by atoms with Crippen LogP contribution in [0.4, 0.5) is 0 Å². The molecule has 0 spiro atoms. The molecule has 39 heavy (non-hydrogen) atoms. The summed E-state index contributed by atoms with van der Waals surface area (Å²) in [6, 6.07) is 26.8. The van der Waals surface area contributed by atoms with Gasteiger partial charge in [-0.05, 0) is 98.1 Å². The lowest BCUT2D eigenvalue weighted by molar-refractivity contribution is 0.674. The Morgan fingerprint density at radius 1 is 0.744 bits per heavy atom. The highest BCUT2D eigenvalue weighted by Gasteiger charge is 2.11. The van der Waals surface area contributed by atoms with Gasteiger partial charge in [0.15, 0.2) is 0 Å². The zero-order valence-electron chi connectivity index (χ0n) is 25.3. The number of allylic oxidation sites excluding steroid dienone is 6. The van der Waals surface area contributed by atoms with Gasteiger partial charge in [-0.15, -0.1) is 0 Å². The Balaban J connectivity index is 1.79. The van der Waals surface area contributed by atoms with E-state index in [0.29, 0.717) is 17.8 Å². The Morgan fingerprint density at radius 3 is 2.00 bits per heavy atom. The molecule has 3 rings (SSSR count). The second-order valence-electron chi connectivity index (χ2n) is 11.3. The van der Waals surface area contributed by atoms with E-state index in [2.05, 4.69) is 145 Å². The molecule has 0 heteroatoms. The summed E-state index contributed by atoms with van der Waals surface area (Å²) in [5, 5.41) is 0. The maximum Gasteiger partial charge on any atom is 0.00238 e. The van der Waals surface area contributed by atoms with Crippen LogP contribution in [-0.4, -0.2) is 0 Å². The fourth-order valence-electron chi connectivity index (χ4n) is 5.63. The molecule has 0 radical (unpaired) electrons. The first-order valence-electron chi connectivity index (χ1n) is 15.1. The van der Waals surface area contributed by atoms with Crippen molar-refractivity contribution in [2.24, 2.45) is 0 Å². The topological polar surface area (TPSA) is 0 Å². The van der Waals surface area contributed by atoms with Gasteiger partial charge in [0.25, 0.3) is 0 Å². The summed E-state index contributed by atoms with van der Waals surface area (Å²) in [7, 11) is 0. The third-order valence-electron chi connectivity index (χ3n) is 8.18. The van der Waals surface area contributed by atoms with Gasteiger partial charge >= 0.3 is 0 Å². The van der Waals surface area contributed by atoms with Crippen molar-refractivity contribution in [1.29, 1.82) is 0 Å². The van der Waals surface area contributed by atoms with E-state index in [1.165, 1.54) is 51.8 Å². The molecule has 3 unspecified atom stereocenters. The van der Waals surface area contributed by atoms with Gasteiger partial charge in [0.1, 0.15) is 0 Å². The van der Waals surface area contributed by atoms with E-state index in [-0.39, 0.29) is 0 Å². The van der Waals surface area contributed by atoms with Crippen LogP contribution in [0.1, 0.15) is 110 Å². The molecule has 0 fully saturated rings. The summed E-state index contributed by atoms with van der Waals surface area (Å²) >= 11 is 0. The van der Waals surface area contributed by atoms with Crippen molar-refractivity contribution >= 4 is 0 Å². The van der Waals surface area contributed by atoms with Gasteiger partial charge in [0, 0.05) is 5.92 Å². The van der Waals surface area contributed by atoms with E-state index >= 15 is 0 Å². The lowest BCUT2D eigenvalue weighted by Crippen LogP contribution is -1.98. The van der Waals surface area contributed by atoms with Crippen LogP contribution in [0.5, 0.6) is 0 Å². The van der Waals surface area contributed by atoms with Crippen molar-refractivity contribution in [2.45, 2.75) is 97.8 Å². The van der Waals surface area contributed by atoms with Gasteiger partial charge < -0.3 is 0 Å². The van der Waals surface area contributed by atoms with Crippen molar-refractivity contribution in [2.75, 3.05) is 0 Å². The largest absolute Gasteiger partial charge is 0.0833 e. The smallest absolute Gasteiger partial charge is 0.00238 e. The highest BCUT2D eigenvalue weighted by Crippen LogP contribution is 2.28. The molecular weight excluding hydrogens is 468 g/mol. The number of hydrogen-bond acceptors (Lipinski definition) is 0. The molecule has 0 N–H and O–H groups in total. The second kappa shape index (κ2) is 16.1. The zero-order chi connectivity index (χ0) is 28.0. The molecule has 0 bridgehead atoms. The summed E-state index contributed by atoms with van der Waals surface area (Å²) in [5.74, 6) is 1.57. The predicted molar refractivity (Wildman–Crippen MR) is 173 cm³/mol. The van der Waals surface area contributed by atoms with Crippen molar-refractivity contribution in [3.8, 4) is 0 Å². The monoisotopic (exact) mass is 518 g/mol. The van der Waals surface area contributed by atoms with E-state index in [1.807, 2.05) is 0 Å². The first-order chi connectivity index (χ1) is 18.9. The van der Waals surface area contributed by atoms with Crippen molar-refractivity contribution < 1.29 is 0 Å². The van der Waals surface area contributed by atoms with Crippen LogP contribution in [0, 0.1) is 20.8 Å². The van der Waals surface area contributed by atoms with Gasteiger partial charge in [-0.2, -0.15) is 0 Å². The van der Waals surface area contributed by atoms with Crippen molar-refractivity contribution in [1.82, 2.24) is 0 Å². The van der Waals surface area contributed by atoms with Gasteiger partial charge in [0.2, 0.25) is 0 Å². The van der Waals surface area contributed by atoms with E-state index in [0.717, 1.165) is 25.7 Å². The Bertz CT molecular complexity index is 1220. The molecule has 0 saturated heterocycles. The lowest BCUT2D eigenvalue weighted by atomic mass is 9.89. The minimum absolute atomic E-state index is 0.454. The Labute approximate surface area is 239 Å². The van der Waals surface area contributed by atoms with Crippen LogP contribution in [0.15, 0.2) is 109 Å². The zero-order valence-corrected chi connectivity index (χ0v) is 25.3. The fraction of sp³-hybridized carbons (Fsp3) is 0.385. The number of rotatable bonds is 14. The minimum atomic E-state index is 0.454. The van der Waals surface area contributed by atoms with Crippen LogP contribution in [0.25, 0.3) is 0 Å². The fourth-order valence-corrected chi connectivity index (χ4v) is 5.63. The van der Waals surface area contributed by atoms with Gasteiger partial charge in [-0.3, -0.25) is 0 Å². The van der Waals surface area contributed by atoms with E-state index in [9.17, 15) is 0 Å². The average Bonchev–Trinajstić information content (AvgIpc) is 2.94. The third kappa shape index (κ3) is 9.54. The molecule has 0 nitrogen and oxygen atoms in total. The molecule has 0 saturated carbocycles. The van der Waals surface area contributed by atoms with E-state index in [1.54, 1.807) is 0 Å². The molecule has 3 aromatic rings. The molecule has 0 aliphatic rings.